The van der Waals surface area contributed by atoms with E-state index < -0.39 is 12.0 Å². The number of nitrogens with one attached hydrogen (secondary N) is 1. The molecule has 1 unspecified atom stereocenters. The van der Waals surface area contributed by atoms with Crippen molar-refractivity contribution in [2.75, 3.05) is 7.11 Å². The summed E-state index contributed by atoms with van der Waals surface area (Å²) in [6.07, 6.45) is -0.122. The molecule has 0 aliphatic rings. The third kappa shape index (κ3) is 3.52. The normalized spacial score (nSPS) is 12.0. The summed E-state index contributed by atoms with van der Waals surface area (Å²) >= 11 is 0. The van der Waals surface area contributed by atoms with Crippen molar-refractivity contribution in [3.63, 3.8) is 0 Å². The molecule has 0 aliphatic heterocycles. The highest BCUT2D eigenvalue weighted by atomic mass is 16.5. The summed E-state index contributed by atoms with van der Waals surface area (Å²) < 4.78 is 5.15. The number of carboxylic acids is 1. The molecule has 0 spiro atoms. The lowest BCUT2D eigenvalue weighted by Crippen LogP contribution is -2.34. The molecule has 0 bridgehead atoms. The number of hydrogen-bond acceptors (Lipinski definition) is 4. The van der Waals surface area contributed by atoms with E-state index in [4.69, 9.17) is 9.84 Å². The first-order chi connectivity index (χ1) is 10.4. The van der Waals surface area contributed by atoms with Gasteiger partial charge in [-0.15, -0.1) is 0 Å². The summed E-state index contributed by atoms with van der Waals surface area (Å²) in [5.41, 5.74) is 1.77. The van der Waals surface area contributed by atoms with Gasteiger partial charge in [-0.3, -0.25) is 14.6 Å². The predicted molar refractivity (Wildman–Crippen MR) is 82.2 cm³/mol. The van der Waals surface area contributed by atoms with E-state index in [1.54, 1.807) is 39.2 Å². The number of benzene rings is 1. The van der Waals surface area contributed by atoms with Crippen LogP contribution >= 0.6 is 0 Å². The number of amides is 1. The van der Waals surface area contributed by atoms with Gasteiger partial charge in [-0.25, -0.2) is 0 Å². The Morgan fingerprint density at radius 3 is 2.73 bits per heavy atom. The fourth-order valence-electron chi connectivity index (χ4n) is 2.21. The number of nitrogens with zero attached hydrogens (tertiary/aromatic N) is 1. The highest BCUT2D eigenvalue weighted by Gasteiger charge is 2.16. The van der Waals surface area contributed by atoms with Crippen molar-refractivity contribution in [1.82, 2.24) is 10.3 Å². The van der Waals surface area contributed by atoms with Gasteiger partial charge in [0.05, 0.1) is 30.3 Å². The van der Waals surface area contributed by atoms with Gasteiger partial charge >= 0.3 is 5.97 Å². The van der Waals surface area contributed by atoms with E-state index in [2.05, 4.69) is 10.3 Å². The maximum Gasteiger partial charge on any atom is 0.305 e. The van der Waals surface area contributed by atoms with Gasteiger partial charge in [-0.1, -0.05) is 0 Å². The van der Waals surface area contributed by atoms with Crippen molar-refractivity contribution < 1.29 is 19.4 Å². The summed E-state index contributed by atoms with van der Waals surface area (Å²) in [6, 6.07) is 6.74. The Morgan fingerprint density at radius 1 is 1.36 bits per heavy atom. The van der Waals surface area contributed by atoms with E-state index >= 15 is 0 Å². The van der Waals surface area contributed by atoms with E-state index in [1.165, 1.54) is 0 Å². The first-order valence-electron chi connectivity index (χ1n) is 6.88. The molecular weight excluding hydrogens is 284 g/mol. The molecule has 1 aromatic heterocycles. The number of carboxylic acid groups (broad SMARTS) is 1. The highest BCUT2D eigenvalue weighted by molar-refractivity contribution is 5.99. The molecule has 2 aromatic rings. The van der Waals surface area contributed by atoms with Crippen LogP contribution in [0, 0.1) is 6.92 Å². The lowest BCUT2D eigenvalue weighted by atomic mass is 10.1. The minimum Gasteiger partial charge on any atom is -0.497 e. The quantitative estimate of drug-likeness (QED) is 0.883. The summed E-state index contributed by atoms with van der Waals surface area (Å²) in [4.78, 5) is 27.3. The molecule has 0 aliphatic carbocycles. The van der Waals surface area contributed by atoms with E-state index in [-0.39, 0.29) is 12.3 Å². The van der Waals surface area contributed by atoms with Crippen molar-refractivity contribution in [2.24, 2.45) is 0 Å². The van der Waals surface area contributed by atoms with E-state index in [9.17, 15) is 9.59 Å². The van der Waals surface area contributed by atoms with Crippen LogP contribution < -0.4 is 10.1 Å². The molecule has 22 heavy (non-hydrogen) atoms. The molecule has 1 amide bonds. The standard InChI is InChI=1S/C16H18N2O4/c1-9(6-15(19)20)17-16(21)13-7-11-4-5-12(22-3)8-14(11)18-10(13)2/h4-5,7-9H,6H2,1-3H3,(H,17,21)(H,19,20). The molecule has 1 aromatic carbocycles. The highest BCUT2D eigenvalue weighted by Crippen LogP contribution is 2.21. The summed E-state index contributed by atoms with van der Waals surface area (Å²) in [7, 11) is 1.58. The molecule has 2 rings (SSSR count). The lowest BCUT2D eigenvalue weighted by Gasteiger charge is -2.13. The number of aliphatic carboxylic acids is 1. The van der Waals surface area contributed by atoms with Gasteiger partial charge in [-0.05, 0) is 32.0 Å². The predicted octanol–water partition coefficient (Wildman–Crippen LogP) is 2.14. The fraction of sp³-hybridized carbons (Fsp3) is 0.312. The van der Waals surface area contributed by atoms with Crippen molar-refractivity contribution in [3.8, 4) is 5.75 Å². The van der Waals surface area contributed by atoms with Crippen LogP contribution in [0.4, 0.5) is 0 Å². The number of aromatic nitrogens is 1. The molecule has 0 saturated carbocycles. The number of carbonyl (C=O) groups is 2. The van der Waals surface area contributed by atoms with Crippen LogP contribution in [-0.4, -0.2) is 35.1 Å². The van der Waals surface area contributed by atoms with Crippen molar-refractivity contribution in [2.45, 2.75) is 26.3 Å². The zero-order chi connectivity index (χ0) is 16.3. The summed E-state index contributed by atoms with van der Waals surface area (Å²) in [5.74, 6) is -0.573. The fourth-order valence-corrected chi connectivity index (χ4v) is 2.21. The Balaban J connectivity index is 2.29. The number of aryl methyl sites for hydroxylation is 1. The number of ether oxygens (including phenoxy) is 1. The Hall–Kier alpha value is -2.63. The molecule has 0 fully saturated rings. The Kier molecular flexibility index (Phi) is 4.60. The van der Waals surface area contributed by atoms with Crippen LogP contribution in [0.25, 0.3) is 10.9 Å². The zero-order valence-electron chi connectivity index (χ0n) is 12.7. The SMILES string of the molecule is COc1ccc2cc(C(=O)NC(C)CC(=O)O)c(C)nc2c1. The molecule has 1 atom stereocenters. The van der Waals surface area contributed by atoms with Crippen LogP contribution in [0.1, 0.15) is 29.4 Å². The van der Waals surface area contributed by atoms with Crippen LogP contribution in [-0.2, 0) is 4.79 Å². The molecule has 0 radical (unpaired) electrons. The van der Waals surface area contributed by atoms with Crippen molar-refractivity contribution in [1.29, 1.82) is 0 Å². The van der Waals surface area contributed by atoms with Gasteiger partial charge < -0.3 is 15.2 Å². The second kappa shape index (κ2) is 6.43. The zero-order valence-corrected chi connectivity index (χ0v) is 12.7. The molecule has 116 valence electrons. The number of methoxy groups -OCH3 is 1. The minimum atomic E-state index is -0.951. The maximum absolute atomic E-state index is 12.3. The van der Waals surface area contributed by atoms with Gasteiger partial charge in [0.15, 0.2) is 0 Å². The lowest BCUT2D eigenvalue weighted by molar-refractivity contribution is -0.137. The number of rotatable bonds is 5. The average molecular weight is 302 g/mol. The van der Waals surface area contributed by atoms with Gasteiger partial charge in [0.25, 0.3) is 5.91 Å². The van der Waals surface area contributed by atoms with Gasteiger partial charge in [0.2, 0.25) is 0 Å². The first kappa shape index (κ1) is 15.8. The van der Waals surface area contributed by atoms with Crippen molar-refractivity contribution in [3.05, 3.63) is 35.5 Å². The molecule has 0 saturated heterocycles. The second-order valence-corrected chi connectivity index (χ2v) is 5.15. The molecule has 1 heterocycles. The van der Waals surface area contributed by atoms with Gasteiger partial charge in [0.1, 0.15) is 5.75 Å². The van der Waals surface area contributed by atoms with Crippen LogP contribution in [0.3, 0.4) is 0 Å². The molecular formula is C16H18N2O4. The summed E-state index contributed by atoms with van der Waals surface area (Å²) in [5, 5.41) is 12.2. The molecule has 2 N–H and O–H groups in total. The third-order valence-electron chi connectivity index (χ3n) is 3.32. The summed E-state index contributed by atoms with van der Waals surface area (Å²) in [6.45, 7) is 3.40. The number of hydrogen-bond donors (Lipinski definition) is 2. The second-order valence-electron chi connectivity index (χ2n) is 5.15. The molecule has 6 nitrogen and oxygen atoms in total. The van der Waals surface area contributed by atoms with Crippen molar-refractivity contribution >= 4 is 22.8 Å². The Morgan fingerprint density at radius 2 is 2.09 bits per heavy atom. The van der Waals surface area contributed by atoms with Crippen LogP contribution in [0.2, 0.25) is 0 Å². The maximum atomic E-state index is 12.3. The average Bonchev–Trinajstić information content (AvgIpc) is 2.44. The van der Waals surface area contributed by atoms with E-state index in [0.29, 0.717) is 17.0 Å². The van der Waals surface area contributed by atoms with E-state index in [1.807, 2.05) is 6.07 Å². The minimum absolute atomic E-state index is 0.122. The largest absolute Gasteiger partial charge is 0.497 e. The van der Waals surface area contributed by atoms with Crippen LogP contribution in [0.5, 0.6) is 5.75 Å². The smallest absolute Gasteiger partial charge is 0.305 e. The number of fused-ring (bicyclic) bond motifs is 1. The monoisotopic (exact) mass is 302 g/mol. The number of pyridine rings is 1. The number of carbonyl (C=O) groups excluding carboxylic acids is 1. The Bertz CT molecular complexity index is 727. The van der Waals surface area contributed by atoms with Crippen LogP contribution in [0.15, 0.2) is 24.3 Å². The Labute approximate surface area is 128 Å². The topological polar surface area (TPSA) is 88.5 Å². The van der Waals surface area contributed by atoms with E-state index in [0.717, 1.165) is 10.9 Å². The molecule has 6 heteroatoms. The third-order valence-corrected chi connectivity index (χ3v) is 3.32. The first-order valence-corrected chi connectivity index (χ1v) is 6.88. The van der Waals surface area contributed by atoms with Gasteiger partial charge in [0, 0.05) is 17.5 Å². The van der Waals surface area contributed by atoms with Gasteiger partial charge in [-0.2, -0.15) is 0 Å².